The number of carbonyl (C=O) groups is 1. The number of rotatable bonds is 2. The lowest BCUT2D eigenvalue weighted by molar-refractivity contribution is -0.137. The summed E-state index contributed by atoms with van der Waals surface area (Å²) in [6.45, 7) is 4.49. The van der Waals surface area contributed by atoms with Crippen LogP contribution in [0.1, 0.15) is 39.0 Å². The van der Waals surface area contributed by atoms with Crippen molar-refractivity contribution in [1.29, 1.82) is 0 Å². The number of likely N-dealkylation sites (tertiary alicyclic amines) is 1. The first kappa shape index (κ1) is 12.8. The van der Waals surface area contributed by atoms with Crippen molar-refractivity contribution < 1.29 is 9.90 Å². The van der Waals surface area contributed by atoms with Gasteiger partial charge in [-0.25, -0.2) is 0 Å². The minimum absolute atomic E-state index is 0.0245. The number of aliphatic hydroxyl groups is 1. The Labute approximate surface area is 103 Å². The molecule has 2 rings (SSSR count). The highest BCUT2D eigenvalue weighted by molar-refractivity contribution is 5.82. The Morgan fingerprint density at radius 3 is 2.88 bits per heavy atom. The Balaban J connectivity index is 1.90. The van der Waals surface area contributed by atoms with E-state index in [4.69, 9.17) is 0 Å². The SMILES string of the molecule is CCC1CN(C(=O)C2CCCCN2)CCC1O. The molecule has 1 amide bonds. The molecule has 0 aromatic carbocycles. The van der Waals surface area contributed by atoms with Crippen LogP contribution in [0.4, 0.5) is 0 Å². The fraction of sp³-hybridized carbons (Fsp3) is 0.923. The Bertz CT molecular complexity index is 264. The van der Waals surface area contributed by atoms with Gasteiger partial charge >= 0.3 is 0 Å². The molecule has 0 aromatic heterocycles. The summed E-state index contributed by atoms with van der Waals surface area (Å²) in [4.78, 5) is 14.3. The number of amides is 1. The van der Waals surface area contributed by atoms with Crippen LogP contribution in [0.2, 0.25) is 0 Å². The second-order valence-electron chi connectivity index (χ2n) is 5.31. The van der Waals surface area contributed by atoms with Gasteiger partial charge in [0, 0.05) is 19.0 Å². The molecule has 3 unspecified atom stereocenters. The number of carbonyl (C=O) groups excluding carboxylic acids is 1. The monoisotopic (exact) mass is 240 g/mol. The lowest BCUT2D eigenvalue weighted by Crippen LogP contribution is -2.53. The Morgan fingerprint density at radius 2 is 2.24 bits per heavy atom. The zero-order valence-corrected chi connectivity index (χ0v) is 10.7. The zero-order chi connectivity index (χ0) is 12.3. The van der Waals surface area contributed by atoms with Gasteiger partial charge in [-0.05, 0) is 32.2 Å². The van der Waals surface area contributed by atoms with Gasteiger partial charge in [-0.3, -0.25) is 4.79 Å². The van der Waals surface area contributed by atoms with Crippen molar-refractivity contribution in [2.75, 3.05) is 19.6 Å². The summed E-state index contributed by atoms with van der Waals surface area (Å²) in [6, 6.07) is 0.0245. The van der Waals surface area contributed by atoms with Gasteiger partial charge in [0.15, 0.2) is 0 Å². The van der Waals surface area contributed by atoms with Crippen molar-refractivity contribution >= 4 is 5.91 Å². The van der Waals surface area contributed by atoms with Crippen molar-refractivity contribution in [1.82, 2.24) is 10.2 Å². The molecule has 2 aliphatic heterocycles. The molecule has 4 nitrogen and oxygen atoms in total. The van der Waals surface area contributed by atoms with Crippen LogP contribution >= 0.6 is 0 Å². The van der Waals surface area contributed by atoms with Gasteiger partial charge in [-0.2, -0.15) is 0 Å². The average Bonchev–Trinajstić information content (AvgIpc) is 2.39. The van der Waals surface area contributed by atoms with Gasteiger partial charge in [0.05, 0.1) is 12.1 Å². The molecule has 0 bridgehead atoms. The van der Waals surface area contributed by atoms with Crippen LogP contribution in [0, 0.1) is 5.92 Å². The minimum atomic E-state index is -0.219. The van der Waals surface area contributed by atoms with Crippen LogP contribution in [0.3, 0.4) is 0 Å². The van der Waals surface area contributed by atoms with Gasteiger partial charge in [-0.1, -0.05) is 13.3 Å². The maximum absolute atomic E-state index is 12.3. The highest BCUT2D eigenvalue weighted by Crippen LogP contribution is 2.21. The third-order valence-electron chi connectivity index (χ3n) is 4.14. The number of aliphatic hydroxyl groups excluding tert-OH is 1. The molecule has 0 spiro atoms. The lowest BCUT2D eigenvalue weighted by atomic mass is 9.91. The summed E-state index contributed by atoms with van der Waals surface area (Å²) in [7, 11) is 0. The van der Waals surface area contributed by atoms with E-state index in [1.807, 2.05) is 4.90 Å². The summed E-state index contributed by atoms with van der Waals surface area (Å²) in [5.41, 5.74) is 0. The predicted molar refractivity (Wildman–Crippen MR) is 66.6 cm³/mol. The smallest absolute Gasteiger partial charge is 0.239 e. The van der Waals surface area contributed by atoms with Gasteiger partial charge in [-0.15, -0.1) is 0 Å². The van der Waals surface area contributed by atoms with Crippen molar-refractivity contribution in [3.8, 4) is 0 Å². The van der Waals surface area contributed by atoms with E-state index >= 15 is 0 Å². The number of nitrogens with zero attached hydrogens (tertiary/aromatic N) is 1. The number of hydrogen-bond acceptors (Lipinski definition) is 3. The molecule has 2 N–H and O–H groups in total. The van der Waals surface area contributed by atoms with E-state index in [0.717, 1.165) is 38.8 Å². The Kier molecular flexibility index (Phi) is 4.40. The van der Waals surface area contributed by atoms with Crippen molar-refractivity contribution in [2.45, 2.75) is 51.2 Å². The molecule has 2 aliphatic rings. The molecule has 0 saturated carbocycles. The lowest BCUT2D eigenvalue weighted by Gasteiger charge is -2.38. The molecular weight excluding hydrogens is 216 g/mol. The predicted octanol–water partition coefficient (Wildman–Crippen LogP) is 0.748. The highest BCUT2D eigenvalue weighted by Gasteiger charge is 2.32. The van der Waals surface area contributed by atoms with E-state index in [9.17, 15) is 9.90 Å². The van der Waals surface area contributed by atoms with E-state index in [1.165, 1.54) is 6.42 Å². The maximum atomic E-state index is 12.3. The fourth-order valence-electron chi connectivity index (χ4n) is 2.90. The van der Waals surface area contributed by atoms with Crippen LogP contribution in [0.5, 0.6) is 0 Å². The van der Waals surface area contributed by atoms with Crippen LogP contribution in [-0.4, -0.2) is 47.7 Å². The van der Waals surface area contributed by atoms with E-state index in [0.29, 0.717) is 6.54 Å². The first-order chi connectivity index (χ1) is 8.22. The first-order valence-electron chi connectivity index (χ1n) is 6.92. The van der Waals surface area contributed by atoms with E-state index in [-0.39, 0.29) is 24.0 Å². The molecular formula is C13H24N2O2. The molecule has 98 valence electrons. The summed E-state index contributed by atoms with van der Waals surface area (Å²) in [5.74, 6) is 0.506. The van der Waals surface area contributed by atoms with Crippen molar-refractivity contribution in [3.63, 3.8) is 0 Å². The highest BCUT2D eigenvalue weighted by atomic mass is 16.3. The van der Waals surface area contributed by atoms with E-state index in [2.05, 4.69) is 12.2 Å². The number of hydrogen-bond donors (Lipinski definition) is 2. The number of nitrogens with one attached hydrogen (secondary N) is 1. The summed E-state index contributed by atoms with van der Waals surface area (Å²) in [5, 5.41) is 13.1. The minimum Gasteiger partial charge on any atom is -0.393 e. The second kappa shape index (κ2) is 5.83. The quantitative estimate of drug-likeness (QED) is 0.749. The van der Waals surface area contributed by atoms with Crippen molar-refractivity contribution in [3.05, 3.63) is 0 Å². The van der Waals surface area contributed by atoms with Gasteiger partial charge in [0.1, 0.15) is 0 Å². The molecule has 0 radical (unpaired) electrons. The first-order valence-corrected chi connectivity index (χ1v) is 6.92. The standard InChI is InChI=1S/C13H24N2O2/c1-2-10-9-15(8-6-12(10)16)13(17)11-5-3-4-7-14-11/h10-12,14,16H,2-9H2,1H3. The second-order valence-corrected chi connectivity index (χ2v) is 5.31. The van der Waals surface area contributed by atoms with Crippen LogP contribution < -0.4 is 5.32 Å². The van der Waals surface area contributed by atoms with Gasteiger partial charge < -0.3 is 15.3 Å². The maximum Gasteiger partial charge on any atom is 0.239 e. The largest absolute Gasteiger partial charge is 0.393 e. The average molecular weight is 240 g/mol. The van der Waals surface area contributed by atoms with Gasteiger partial charge in [0.25, 0.3) is 0 Å². The fourth-order valence-corrected chi connectivity index (χ4v) is 2.90. The number of piperidine rings is 2. The molecule has 2 fully saturated rings. The van der Waals surface area contributed by atoms with E-state index < -0.39 is 0 Å². The van der Waals surface area contributed by atoms with Crippen LogP contribution in [0.25, 0.3) is 0 Å². The summed E-state index contributed by atoms with van der Waals surface area (Å²) < 4.78 is 0. The zero-order valence-electron chi connectivity index (χ0n) is 10.7. The summed E-state index contributed by atoms with van der Waals surface area (Å²) in [6.07, 6.45) is 4.76. The molecule has 2 heterocycles. The van der Waals surface area contributed by atoms with Crippen molar-refractivity contribution in [2.24, 2.45) is 5.92 Å². The van der Waals surface area contributed by atoms with Crippen LogP contribution in [-0.2, 0) is 4.79 Å². The Morgan fingerprint density at radius 1 is 1.41 bits per heavy atom. The van der Waals surface area contributed by atoms with Crippen LogP contribution in [0.15, 0.2) is 0 Å². The molecule has 3 atom stereocenters. The molecule has 4 heteroatoms. The summed E-state index contributed by atoms with van der Waals surface area (Å²) >= 11 is 0. The Hall–Kier alpha value is -0.610. The molecule has 17 heavy (non-hydrogen) atoms. The van der Waals surface area contributed by atoms with Gasteiger partial charge in [0.2, 0.25) is 5.91 Å². The third-order valence-corrected chi connectivity index (χ3v) is 4.14. The molecule has 0 aliphatic carbocycles. The molecule has 0 aromatic rings. The topological polar surface area (TPSA) is 52.6 Å². The van der Waals surface area contributed by atoms with E-state index in [1.54, 1.807) is 0 Å². The third kappa shape index (κ3) is 2.99. The normalized spacial score (nSPS) is 34.7. The molecule has 2 saturated heterocycles.